The van der Waals surface area contributed by atoms with Crippen molar-refractivity contribution in [3.63, 3.8) is 0 Å². The molecule has 2 fully saturated rings. The van der Waals surface area contributed by atoms with Crippen LogP contribution in [0.1, 0.15) is 52.0 Å². The Labute approximate surface area is 265 Å². The van der Waals surface area contributed by atoms with Crippen LogP contribution in [0.3, 0.4) is 0 Å². The van der Waals surface area contributed by atoms with Crippen LogP contribution in [0, 0.1) is 22.9 Å². The molecule has 0 aromatic heterocycles. The topological polar surface area (TPSA) is 105 Å². The first-order valence-corrected chi connectivity index (χ1v) is 15.2. The highest BCUT2D eigenvalue weighted by Crippen LogP contribution is 2.34. The summed E-state index contributed by atoms with van der Waals surface area (Å²) in [6, 6.07) is 12.3. The van der Waals surface area contributed by atoms with E-state index < -0.39 is 10.7 Å². The summed E-state index contributed by atoms with van der Waals surface area (Å²) in [7, 11) is 1.51. The van der Waals surface area contributed by atoms with Gasteiger partial charge in [-0.3, -0.25) is 19.7 Å². The van der Waals surface area contributed by atoms with Gasteiger partial charge >= 0.3 is 0 Å². The Morgan fingerprint density at radius 3 is 2.32 bits per heavy atom. The zero-order valence-electron chi connectivity index (χ0n) is 24.4. The summed E-state index contributed by atoms with van der Waals surface area (Å²) in [4.78, 5) is 41.3. The first-order chi connectivity index (χ1) is 21.0. The number of piperidine rings is 2. The molecule has 2 aliphatic rings. The Hall–Kier alpha value is -3.73. The third-order valence-corrected chi connectivity index (χ3v) is 9.12. The Balaban J connectivity index is 1.13. The van der Waals surface area contributed by atoms with E-state index in [1.807, 2.05) is 0 Å². The SMILES string of the molecule is COc1ccc(F)cc1-c1ccc(C(=O)NC2CCN(C3CCN(C(=O)c4cc(Cl)cc([N+](=O)[O-])c4C)CC3)CC2)c(Cl)c1. The van der Waals surface area contributed by atoms with E-state index >= 15 is 0 Å². The van der Waals surface area contributed by atoms with Crippen molar-refractivity contribution in [2.45, 2.75) is 44.7 Å². The molecule has 2 aliphatic heterocycles. The molecule has 0 spiro atoms. The van der Waals surface area contributed by atoms with Gasteiger partial charge in [0.25, 0.3) is 17.5 Å². The van der Waals surface area contributed by atoms with Crippen molar-refractivity contribution in [2.24, 2.45) is 0 Å². The molecule has 44 heavy (non-hydrogen) atoms. The van der Waals surface area contributed by atoms with Crippen LogP contribution in [0.15, 0.2) is 48.5 Å². The summed E-state index contributed by atoms with van der Waals surface area (Å²) in [6.45, 7) is 4.31. The number of amides is 2. The second-order valence-electron chi connectivity index (χ2n) is 11.2. The lowest BCUT2D eigenvalue weighted by Crippen LogP contribution is -2.51. The molecule has 0 bridgehead atoms. The van der Waals surface area contributed by atoms with Crippen molar-refractivity contribution in [1.29, 1.82) is 0 Å². The maximum Gasteiger partial charge on any atom is 0.274 e. The molecule has 0 saturated carbocycles. The van der Waals surface area contributed by atoms with E-state index in [4.69, 9.17) is 27.9 Å². The molecule has 2 amide bonds. The van der Waals surface area contributed by atoms with Crippen LogP contribution in [0.4, 0.5) is 10.1 Å². The third-order valence-electron chi connectivity index (χ3n) is 8.59. The standard InChI is InChI=1S/C32H33Cl2FN4O5/c1-19-26(16-21(33)17-29(19)39(42)43)32(41)38-13-9-24(10-14-38)37-11-7-23(8-12-37)36-31(40)25-5-3-20(15-28(25)34)27-18-22(35)4-6-30(27)44-2/h3-6,15-18,23-24H,7-14H2,1-2H3,(H,36,40). The predicted molar refractivity (Wildman–Crippen MR) is 167 cm³/mol. The number of benzene rings is 3. The van der Waals surface area contributed by atoms with Gasteiger partial charge in [-0.2, -0.15) is 0 Å². The number of nitro groups is 1. The van der Waals surface area contributed by atoms with Gasteiger partial charge in [0.05, 0.1) is 28.2 Å². The van der Waals surface area contributed by atoms with Gasteiger partial charge in [0, 0.05) is 60.5 Å². The van der Waals surface area contributed by atoms with E-state index in [1.54, 1.807) is 36.1 Å². The normalized spacial score (nSPS) is 16.5. The molecule has 12 heteroatoms. The Morgan fingerprint density at radius 2 is 1.68 bits per heavy atom. The first kappa shape index (κ1) is 31.7. The van der Waals surface area contributed by atoms with Gasteiger partial charge < -0.3 is 19.9 Å². The number of nitrogens with one attached hydrogen (secondary N) is 1. The van der Waals surface area contributed by atoms with Gasteiger partial charge in [-0.05, 0) is 74.6 Å². The predicted octanol–water partition coefficient (Wildman–Crippen LogP) is 6.52. The van der Waals surface area contributed by atoms with Crippen molar-refractivity contribution < 1.29 is 23.6 Å². The second-order valence-corrected chi connectivity index (χ2v) is 12.0. The van der Waals surface area contributed by atoms with Crippen molar-refractivity contribution in [1.82, 2.24) is 15.1 Å². The summed E-state index contributed by atoms with van der Waals surface area (Å²) in [6.07, 6.45) is 3.16. The van der Waals surface area contributed by atoms with E-state index in [1.165, 1.54) is 31.4 Å². The minimum atomic E-state index is -0.520. The Kier molecular flexibility index (Phi) is 9.72. The highest BCUT2D eigenvalue weighted by atomic mass is 35.5. The van der Waals surface area contributed by atoms with Gasteiger partial charge in [0.15, 0.2) is 0 Å². The number of ether oxygens (including phenoxy) is 1. The Bertz CT molecular complexity index is 1590. The quantitative estimate of drug-likeness (QED) is 0.232. The number of methoxy groups -OCH3 is 1. The molecule has 0 unspecified atom stereocenters. The number of likely N-dealkylation sites (tertiary alicyclic amines) is 2. The van der Waals surface area contributed by atoms with Crippen LogP contribution in [-0.2, 0) is 0 Å². The van der Waals surface area contributed by atoms with Crippen LogP contribution in [0.25, 0.3) is 11.1 Å². The van der Waals surface area contributed by atoms with Crippen LogP contribution in [0.2, 0.25) is 10.0 Å². The first-order valence-electron chi connectivity index (χ1n) is 14.5. The van der Waals surface area contributed by atoms with Gasteiger partial charge in [-0.25, -0.2) is 4.39 Å². The van der Waals surface area contributed by atoms with Gasteiger partial charge in [0.1, 0.15) is 11.6 Å². The molecule has 1 N–H and O–H groups in total. The average Bonchev–Trinajstić information content (AvgIpc) is 3.01. The molecular formula is C32H33Cl2FN4O5. The molecule has 232 valence electrons. The van der Waals surface area contributed by atoms with Crippen LogP contribution >= 0.6 is 23.2 Å². The van der Waals surface area contributed by atoms with E-state index in [0.29, 0.717) is 47.1 Å². The molecule has 0 aliphatic carbocycles. The number of rotatable bonds is 7. The maximum absolute atomic E-state index is 13.9. The van der Waals surface area contributed by atoms with Crippen LogP contribution in [0.5, 0.6) is 5.75 Å². The zero-order valence-corrected chi connectivity index (χ0v) is 26.0. The van der Waals surface area contributed by atoms with Crippen LogP contribution in [-0.4, -0.2) is 71.9 Å². The smallest absolute Gasteiger partial charge is 0.274 e. The number of carbonyl (C=O) groups is 2. The minimum Gasteiger partial charge on any atom is -0.496 e. The highest BCUT2D eigenvalue weighted by Gasteiger charge is 2.32. The lowest BCUT2D eigenvalue weighted by molar-refractivity contribution is -0.385. The summed E-state index contributed by atoms with van der Waals surface area (Å²) in [5, 5.41) is 14.9. The molecule has 2 saturated heterocycles. The van der Waals surface area contributed by atoms with Crippen molar-refractivity contribution in [3.8, 4) is 16.9 Å². The summed E-state index contributed by atoms with van der Waals surface area (Å²) < 4.78 is 19.2. The fourth-order valence-electron chi connectivity index (χ4n) is 6.13. The number of carbonyl (C=O) groups excluding carboxylic acids is 2. The van der Waals surface area contributed by atoms with E-state index in [0.717, 1.165) is 38.8 Å². The molecule has 3 aromatic rings. The maximum atomic E-state index is 13.9. The van der Waals surface area contributed by atoms with Crippen molar-refractivity contribution in [2.75, 3.05) is 33.3 Å². The van der Waals surface area contributed by atoms with Gasteiger partial charge in [-0.15, -0.1) is 0 Å². The van der Waals surface area contributed by atoms with Crippen molar-refractivity contribution in [3.05, 3.63) is 91.2 Å². The van der Waals surface area contributed by atoms with Gasteiger partial charge in [-0.1, -0.05) is 29.3 Å². The number of halogens is 3. The largest absolute Gasteiger partial charge is 0.496 e. The zero-order chi connectivity index (χ0) is 31.5. The Morgan fingerprint density at radius 1 is 0.977 bits per heavy atom. The number of nitrogens with zero attached hydrogens (tertiary/aromatic N) is 3. The fraction of sp³-hybridized carbons (Fsp3) is 0.375. The number of hydrogen-bond donors (Lipinski definition) is 1. The minimum absolute atomic E-state index is 0.000989. The monoisotopic (exact) mass is 642 g/mol. The van der Waals surface area contributed by atoms with E-state index in [9.17, 15) is 24.1 Å². The highest BCUT2D eigenvalue weighted by molar-refractivity contribution is 6.34. The molecule has 0 radical (unpaired) electrons. The third kappa shape index (κ3) is 6.82. The molecule has 2 heterocycles. The fourth-order valence-corrected chi connectivity index (χ4v) is 6.60. The molecule has 0 atom stereocenters. The summed E-state index contributed by atoms with van der Waals surface area (Å²) in [5.41, 5.74) is 1.97. The molecular weight excluding hydrogens is 610 g/mol. The number of nitro benzene ring substituents is 1. The van der Waals surface area contributed by atoms with E-state index in [2.05, 4.69) is 10.2 Å². The second kappa shape index (κ2) is 13.5. The summed E-state index contributed by atoms with van der Waals surface area (Å²) in [5.74, 6) is -0.388. The average molecular weight is 644 g/mol. The van der Waals surface area contributed by atoms with Crippen LogP contribution < -0.4 is 10.1 Å². The van der Waals surface area contributed by atoms with Gasteiger partial charge in [0.2, 0.25) is 0 Å². The van der Waals surface area contributed by atoms with E-state index in [-0.39, 0.29) is 39.2 Å². The number of hydrogen-bond acceptors (Lipinski definition) is 6. The summed E-state index contributed by atoms with van der Waals surface area (Å²) >= 11 is 12.6. The molecule has 3 aromatic carbocycles. The lowest BCUT2D eigenvalue weighted by atomic mass is 9.96. The lowest BCUT2D eigenvalue weighted by Gasteiger charge is -2.42. The van der Waals surface area contributed by atoms with Crippen molar-refractivity contribution >= 4 is 40.7 Å². The molecule has 9 nitrogen and oxygen atoms in total. The molecule has 5 rings (SSSR count).